The van der Waals surface area contributed by atoms with Gasteiger partial charge >= 0.3 is 0 Å². The van der Waals surface area contributed by atoms with Crippen molar-refractivity contribution >= 4 is 5.91 Å². The maximum atomic E-state index is 12.7. The largest absolute Gasteiger partial charge is 0.496 e. The highest BCUT2D eigenvalue weighted by molar-refractivity contribution is 5.79. The van der Waals surface area contributed by atoms with Crippen molar-refractivity contribution < 1.29 is 9.53 Å². The zero-order chi connectivity index (χ0) is 19.8. The Kier molecular flexibility index (Phi) is 4.59. The SMILES string of the molecule is COc1ccccc1CC(=O)NCC1CC2c3ccccc3C1c1ccccc12. The number of ether oxygens (including phenoxy) is 1. The van der Waals surface area contributed by atoms with Crippen molar-refractivity contribution in [3.05, 3.63) is 101 Å². The van der Waals surface area contributed by atoms with E-state index >= 15 is 0 Å². The molecule has 0 aliphatic heterocycles. The van der Waals surface area contributed by atoms with Crippen LogP contribution in [0.5, 0.6) is 5.75 Å². The molecule has 3 aromatic rings. The molecule has 3 aliphatic rings. The fraction of sp³-hybridized carbons (Fsp3) is 0.269. The van der Waals surface area contributed by atoms with E-state index < -0.39 is 0 Å². The van der Waals surface area contributed by atoms with Crippen LogP contribution in [0.1, 0.15) is 46.1 Å². The average molecular weight is 383 g/mol. The lowest BCUT2D eigenvalue weighted by Gasteiger charge is -2.45. The first kappa shape index (κ1) is 18.0. The summed E-state index contributed by atoms with van der Waals surface area (Å²) in [5.41, 5.74) is 6.73. The number of fused-ring (bicyclic) bond motifs is 1. The van der Waals surface area contributed by atoms with E-state index in [1.165, 1.54) is 22.3 Å². The van der Waals surface area contributed by atoms with Crippen LogP contribution in [-0.2, 0) is 11.2 Å². The van der Waals surface area contributed by atoms with Crippen LogP contribution in [0.25, 0.3) is 0 Å². The van der Waals surface area contributed by atoms with Crippen LogP contribution in [0.2, 0.25) is 0 Å². The lowest BCUT2D eigenvalue weighted by atomic mass is 9.59. The van der Waals surface area contributed by atoms with Crippen molar-refractivity contribution in [2.24, 2.45) is 5.92 Å². The zero-order valence-electron chi connectivity index (χ0n) is 16.6. The summed E-state index contributed by atoms with van der Waals surface area (Å²) in [4.78, 5) is 12.7. The number of methoxy groups -OCH3 is 1. The molecule has 0 saturated carbocycles. The van der Waals surface area contributed by atoms with Gasteiger partial charge in [-0.1, -0.05) is 66.7 Å². The highest BCUT2D eigenvalue weighted by Crippen LogP contribution is 2.55. The minimum absolute atomic E-state index is 0.0533. The van der Waals surface area contributed by atoms with Gasteiger partial charge in [-0.25, -0.2) is 0 Å². The standard InChI is InChI=1S/C26H25NO2/c1-29-24-13-7-2-8-17(24)15-25(28)27-16-18-14-23-19-9-3-5-11-21(19)26(18)22-12-6-4-10-20(22)23/h2-13,18,23,26H,14-16H2,1H3,(H,27,28). The number of para-hydroxylation sites is 1. The normalized spacial score (nSPS) is 21.2. The third kappa shape index (κ3) is 3.11. The summed E-state index contributed by atoms with van der Waals surface area (Å²) < 4.78 is 5.38. The van der Waals surface area contributed by atoms with Gasteiger partial charge in [-0.2, -0.15) is 0 Å². The van der Waals surface area contributed by atoms with Crippen LogP contribution >= 0.6 is 0 Å². The molecule has 3 nitrogen and oxygen atoms in total. The van der Waals surface area contributed by atoms with Gasteiger partial charge in [-0.15, -0.1) is 0 Å². The van der Waals surface area contributed by atoms with Crippen molar-refractivity contribution in [3.8, 4) is 5.75 Å². The molecule has 1 N–H and O–H groups in total. The Morgan fingerprint density at radius 2 is 1.48 bits per heavy atom. The van der Waals surface area contributed by atoms with Gasteiger partial charge in [-0.3, -0.25) is 4.79 Å². The molecule has 6 rings (SSSR count). The molecule has 0 saturated heterocycles. The highest BCUT2D eigenvalue weighted by atomic mass is 16.5. The Hall–Kier alpha value is -3.07. The van der Waals surface area contributed by atoms with Gasteiger partial charge < -0.3 is 10.1 Å². The molecule has 0 heterocycles. The fourth-order valence-corrected chi connectivity index (χ4v) is 5.29. The molecule has 3 aromatic carbocycles. The molecule has 1 unspecified atom stereocenters. The number of nitrogens with one attached hydrogen (secondary N) is 1. The van der Waals surface area contributed by atoms with Crippen LogP contribution in [0, 0.1) is 5.92 Å². The minimum Gasteiger partial charge on any atom is -0.496 e. The molecular formula is C26H25NO2. The van der Waals surface area contributed by atoms with Gasteiger partial charge in [0.05, 0.1) is 13.5 Å². The Labute approximate surface area is 171 Å². The fourth-order valence-electron chi connectivity index (χ4n) is 5.29. The van der Waals surface area contributed by atoms with Gasteiger partial charge in [0.15, 0.2) is 0 Å². The topological polar surface area (TPSA) is 38.3 Å². The molecule has 2 bridgehead atoms. The predicted molar refractivity (Wildman–Crippen MR) is 114 cm³/mol. The second kappa shape index (κ2) is 7.40. The lowest BCUT2D eigenvalue weighted by Crippen LogP contribution is -2.39. The van der Waals surface area contributed by atoms with Gasteiger partial charge in [-0.05, 0) is 40.7 Å². The van der Waals surface area contributed by atoms with Gasteiger partial charge in [0.2, 0.25) is 5.91 Å². The Morgan fingerprint density at radius 3 is 2.14 bits per heavy atom. The number of amides is 1. The molecule has 3 aliphatic carbocycles. The van der Waals surface area contributed by atoms with Crippen LogP contribution in [0.15, 0.2) is 72.8 Å². The van der Waals surface area contributed by atoms with E-state index in [2.05, 4.69) is 53.8 Å². The number of rotatable bonds is 5. The van der Waals surface area contributed by atoms with E-state index in [4.69, 9.17) is 4.74 Å². The summed E-state index contributed by atoms with van der Waals surface area (Å²) in [6.45, 7) is 0.706. The number of hydrogen-bond donors (Lipinski definition) is 1. The quantitative estimate of drug-likeness (QED) is 0.696. The van der Waals surface area contributed by atoms with E-state index in [-0.39, 0.29) is 5.91 Å². The maximum Gasteiger partial charge on any atom is 0.224 e. The Morgan fingerprint density at radius 1 is 0.897 bits per heavy atom. The minimum atomic E-state index is 0.0533. The first-order valence-electron chi connectivity index (χ1n) is 10.3. The van der Waals surface area contributed by atoms with Crippen LogP contribution in [0.4, 0.5) is 0 Å². The van der Waals surface area contributed by atoms with Crippen LogP contribution in [0.3, 0.4) is 0 Å². The van der Waals surface area contributed by atoms with Crippen molar-refractivity contribution in [1.82, 2.24) is 5.32 Å². The summed E-state index contributed by atoms with van der Waals surface area (Å²) in [6.07, 6.45) is 1.44. The molecule has 29 heavy (non-hydrogen) atoms. The van der Waals surface area contributed by atoms with Crippen molar-refractivity contribution in [2.75, 3.05) is 13.7 Å². The van der Waals surface area contributed by atoms with Crippen molar-refractivity contribution in [1.29, 1.82) is 0 Å². The number of hydrogen-bond acceptors (Lipinski definition) is 2. The summed E-state index contributed by atoms with van der Waals surface area (Å²) >= 11 is 0. The molecule has 146 valence electrons. The molecule has 0 fully saturated rings. The summed E-state index contributed by atoms with van der Waals surface area (Å²) in [5, 5.41) is 3.20. The van der Waals surface area contributed by atoms with E-state index in [0.717, 1.165) is 17.7 Å². The van der Waals surface area contributed by atoms with Crippen LogP contribution in [-0.4, -0.2) is 19.6 Å². The molecule has 0 radical (unpaired) electrons. The summed E-state index contributed by atoms with van der Waals surface area (Å²) in [5.74, 6) is 2.04. The molecule has 0 aromatic heterocycles. The molecule has 0 spiro atoms. The van der Waals surface area contributed by atoms with Crippen molar-refractivity contribution in [2.45, 2.75) is 24.7 Å². The van der Waals surface area contributed by atoms with E-state index in [1.54, 1.807) is 7.11 Å². The number of carbonyl (C=O) groups excluding carboxylic acids is 1. The average Bonchev–Trinajstić information content (AvgIpc) is 2.78. The predicted octanol–water partition coefficient (Wildman–Crippen LogP) is 4.65. The smallest absolute Gasteiger partial charge is 0.224 e. The van der Waals surface area contributed by atoms with Gasteiger partial charge in [0.1, 0.15) is 5.75 Å². The Balaban J connectivity index is 1.35. The van der Waals surface area contributed by atoms with Crippen molar-refractivity contribution in [3.63, 3.8) is 0 Å². The summed E-state index contributed by atoms with van der Waals surface area (Å²) in [7, 11) is 1.64. The monoisotopic (exact) mass is 383 g/mol. The van der Waals surface area contributed by atoms with Crippen LogP contribution < -0.4 is 10.1 Å². The first-order chi connectivity index (χ1) is 14.3. The molecule has 1 atom stereocenters. The van der Waals surface area contributed by atoms with E-state index in [1.807, 2.05) is 24.3 Å². The highest BCUT2D eigenvalue weighted by Gasteiger charge is 2.42. The van der Waals surface area contributed by atoms with E-state index in [0.29, 0.717) is 30.7 Å². The molecular weight excluding hydrogens is 358 g/mol. The Bertz CT molecular complexity index is 1010. The van der Waals surface area contributed by atoms with Gasteiger partial charge in [0.25, 0.3) is 0 Å². The third-order valence-corrected chi connectivity index (χ3v) is 6.53. The zero-order valence-corrected chi connectivity index (χ0v) is 16.6. The maximum absolute atomic E-state index is 12.7. The molecule has 1 amide bonds. The number of benzene rings is 3. The second-order valence-corrected chi connectivity index (χ2v) is 8.08. The van der Waals surface area contributed by atoms with E-state index in [9.17, 15) is 4.79 Å². The second-order valence-electron chi connectivity index (χ2n) is 8.08. The van der Waals surface area contributed by atoms with Gasteiger partial charge in [0, 0.05) is 23.9 Å². The number of carbonyl (C=O) groups is 1. The summed E-state index contributed by atoms with van der Waals surface area (Å²) in [6, 6.07) is 25.4. The first-order valence-corrected chi connectivity index (χ1v) is 10.3. The lowest BCUT2D eigenvalue weighted by molar-refractivity contribution is -0.120. The molecule has 3 heteroatoms. The third-order valence-electron chi connectivity index (χ3n) is 6.53.